The van der Waals surface area contributed by atoms with Gasteiger partial charge in [-0.2, -0.15) is 0 Å². The first-order chi connectivity index (χ1) is 11.1. The van der Waals surface area contributed by atoms with Gasteiger partial charge in [-0.15, -0.1) is 0 Å². The zero-order chi connectivity index (χ0) is 16.7. The summed E-state index contributed by atoms with van der Waals surface area (Å²) >= 11 is 0. The van der Waals surface area contributed by atoms with Crippen LogP contribution in [0, 0.1) is 5.82 Å². The largest absolute Gasteiger partial charge is 0.352 e. The van der Waals surface area contributed by atoms with Crippen molar-refractivity contribution in [2.75, 3.05) is 13.1 Å². The average Bonchev–Trinajstić information content (AvgIpc) is 2.54. The van der Waals surface area contributed by atoms with Crippen LogP contribution in [-0.4, -0.2) is 37.0 Å². The Morgan fingerprint density at radius 3 is 2.74 bits per heavy atom. The number of hydrogen-bond donors (Lipinski definition) is 3. The third-order valence-corrected chi connectivity index (χ3v) is 4.08. The van der Waals surface area contributed by atoms with Crippen LogP contribution < -0.4 is 16.0 Å². The lowest BCUT2D eigenvalue weighted by molar-refractivity contribution is -0.122. The van der Waals surface area contributed by atoms with Crippen molar-refractivity contribution in [3.63, 3.8) is 0 Å². The molecule has 1 saturated heterocycles. The number of nitrogens with one attached hydrogen (secondary N) is 3. The molecule has 1 aliphatic heterocycles. The van der Waals surface area contributed by atoms with E-state index in [1.165, 1.54) is 24.3 Å². The van der Waals surface area contributed by atoms with Crippen LogP contribution in [0.4, 0.5) is 4.39 Å². The molecule has 2 rings (SSSR count). The predicted octanol–water partition coefficient (Wildman–Crippen LogP) is 1.59. The van der Waals surface area contributed by atoms with Gasteiger partial charge in [-0.3, -0.25) is 9.59 Å². The standard InChI is InChI=1S/C17H24FN3O2/c1-12-15(4-2-10-19-12)21-16(22)5-3-11-20-17(23)13-6-8-14(18)9-7-13/h6-9,12,15,19H,2-5,10-11H2,1H3,(H,20,23)(H,21,22). The molecule has 23 heavy (non-hydrogen) atoms. The second kappa shape index (κ2) is 8.62. The first kappa shape index (κ1) is 17.4. The summed E-state index contributed by atoms with van der Waals surface area (Å²) in [6.45, 7) is 3.50. The molecule has 0 bridgehead atoms. The van der Waals surface area contributed by atoms with Crippen LogP contribution in [0.25, 0.3) is 0 Å². The molecule has 2 unspecified atom stereocenters. The smallest absolute Gasteiger partial charge is 0.251 e. The number of piperidine rings is 1. The van der Waals surface area contributed by atoms with Gasteiger partial charge in [-0.05, 0) is 57.0 Å². The molecule has 1 aliphatic rings. The van der Waals surface area contributed by atoms with E-state index in [0.29, 0.717) is 31.0 Å². The van der Waals surface area contributed by atoms with Crippen LogP contribution in [0.5, 0.6) is 0 Å². The van der Waals surface area contributed by atoms with Crippen molar-refractivity contribution in [3.8, 4) is 0 Å². The summed E-state index contributed by atoms with van der Waals surface area (Å²) in [5.74, 6) is -0.609. The highest BCUT2D eigenvalue weighted by Crippen LogP contribution is 2.08. The zero-order valence-corrected chi connectivity index (χ0v) is 13.4. The Kier molecular flexibility index (Phi) is 6.52. The number of benzene rings is 1. The van der Waals surface area contributed by atoms with Gasteiger partial charge in [-0.1, -0.05) is 0 Å². The molecular formula is C17H24FN3O2. The maximum atomic E-state index is 12.8. The molecule has 2 atom stereocenters. The fourth-order valence-electron chi connectivity index (χ4n) is 2.67. The van der Waals surface area contributed by atoms with Crippen molar-refractivity contribution in [2.45, 2.75) is 44.7 Å². The van der Waals surface area contributed by atoms with Gasteiger partial charge in [0.15, 0.2) is 0 Å². The van der Waals surface area contributed by atoms with E-state index in [-0.39, 0.29) is 23.7 Å². The maximum absolute atomic E-state index is 12.8. The zero-order valence-electron chi connectivity index (χ0n) is 13.4. The van der Waals surface area contributed by atoms with E-state index in [1.54, 1.807) is 0 Å². The minimum Gasteiger partial charge on any atom is -0.352 e. The molecule has 0 radical (unpaired) electrons. The van der Waals surface area contributed by atoms with Crippen LogP contribution in [-0.2, 0) is 4.79 Å². The molecule has 0 aliphatic carbocycles. The van der Waals surface area contributed by atoms with Crippen molar-refractivity contribution >= 4 is 11.8 Å². The first-order valence-corrected chi connectivity index (χ1v) is 8.13. The van der Waals surface area contributed by atoms with Crippen LogP contribution in [0.2, 0.25) is 0 Å². The topological polar surface area (TPSA) is 70.2 Å². The van der Waals surface area contributed by atoms with Crippen molar-refractivity contribution < 1.29 is 14.0 Å². The van der Waals surface area contributed by atoms with E-state index in [2.05, 4.69) is 22.9 Å². The second-order valence-electron chi connectivity index (χ2n) is 5.93. The second-order valence-corrected chi connectivity index (χ2v) is 5.93. The highest BCUT2D eigenvalue weighted by molar-refractivity contribution is 5.94. The molecule has 2 amide bonds. The van der Waals surface area contributed by atoms with Gasteiger partial charge in [0.1, 0.15) is 5.82 Å². The van der Waals surface area contributed by atoms with E-state index in [9.17, 15) is 14.0 Å². The van der Waals surface area contributed by atoms with Crippen molar-refractivity contribution in [2.24, 2.45) is 0 Å². The van der Waals surface area contributed by atoms with Crippen LogP contribution in [0.3, 0.4) is 0 Å². The van der Waals surface area contributed by atoms with Crippen LogP contribution >= 0.6 is 0 Å². The third-order valence-electron chi connectivity index (χ3n) is 4.08. The monoisotopic (exact) mass is 321 g/mol. The summed E-state index contributed by atoms with van der Waals surface area (Å²) < 4.78 is 12.8. The minimum absolute atomic E-state index is 0.0154. The van der Waals surface area contributed by atoms with Gasteiger partial charge in [0.2, 0.25) is 5.91 Å². The quantitative estimate of drug-likeness (QED) is 0.697. The molecule has 0 spiro atoms. The highest BCUT2D eigenvalue weighted by Gasteiger charge is 2.21. The Morgan fingerprint density at radius 2 is 2.04 bits per heavy atom. The lowest BCUT2D eigenvalue weighted by atomic mass is 10.00. The summed E-state index contributed by atoms with van der Waals surface area (Å²) in [4.78, 5) is 23.7. The minimum atomic E-state index is -0.371. The Bertz CT molecular complexity index is 533. The fraction of sp³-hybridized carbons (Fsp3) is 0.529. The molecule has 3 N–H and O–H groups in total. The number of carbonyl (C=O) groups is 2. The van der Waals surface area contributed by atoms with E-state index >= 15 is 0 Å². The Labute approximate surface area is 136 Å². The molecule has 1 heterocycles. The predicted molar refractivity (Wildman–Crippen MR) is 86.6 cm³/mol. The molecule has 1 aromatic carbocycles. The highest BCUT2D eigenvalue weighted by atomic mass is 19.1. The van der Waals surface area contributed by atoms with Crippen LogP contribution in [0.15, 0.2) is 24.3 Å². The third kappa shape index (κ3) is 5.63. The molecule has 126 valence electrons. The van der Waals surface area contributed by atoms with Gasteiger partial charge in [0.25, 0.3) is 5.91 Å². The van der Waals surface area contributed by atoms with Gasteiger partial charge in [0, 0.05) is 30.6 Å². The maximum Gasteiger partial charge on any atom is 0.251 e. The van der Waals surface area contributed by atoms with Crippen molar-refractivity contribution in [1.82, 2.24) is 16.0 Å². The van der Waals surface area contributed by atoms with E-state index < -0.39 is 0 Å². The van der Waals surface area contributed by atoms with Gasteiger partial charge in [0.05, 0.1) is 0 Å². The normalized spacial score (nSPS) is 20.8. The summed E-state index contributed by atoms with van der Waals surface area (Å²) in [6.07, 6.45) is 3.03. The average molecular weight is 321 g/mol. The molecule has 5 nitrogen and oxygen atoms in total. The number of carbonyl (C=O) groups excluding carboxylic acids is 2. The van der Waals surface area contributed by atoms with Crippen LogP contribution in [0.1, 0.15) is 43.0 Å². The number of hydrogen-bond acceptors (Lipinski definition) is 3. The Hall–Kier alpha value is -1.95. The van der Waals surface area contributed by atoms with E-state index in [0.717, 1.165) is 19.4 Å². The van der Waals surface area contributed by atoms with E-state index in [1.807, 2.05) is 0 Å². The molecule has 6 heteroatoms. The summed E-state index contributed by atoms with van der Waals surface area (Å²) in [5, 5.41) is 9.11. The summed E-state index contributed by atoms with van der Waals surface area (Å²) in [5.41, 5.74) is 0.415. The SMILES string of the molecule is CC1NCCCC1NC(=O)CCCNC(=O)c1ccc(F)cc1. The summed E-state index contributed by atoms with van der Waals surface area (Å²) in [6, 6.07) is 5.86. The Balaban J connectivity index is 1.63. The van der Waals surface area contributed by atoms with Crippen molar-refractivity contribution in [1.29, 1.82) is 0 Å². The molecule has 1 aromatic rings. The summed E-state index contributed by atoms with van der Waals surface area (Å²) in [7, 11) is 0. The van der Waals surface area contributed by atoms with Gasteiger partial charge < -0.3 is 16.0 Å². The van der Waals surface area contributed by atoms with E-state index in [4.69, 9.17) is 0 Å². The van der Waals surface area contributed by atoms with Crippen molar-refractivity contribution in [3.05, 3.63) is 35.6 Å². The number of amides is 2. The Morgan fingerprint density at radius 1 is 1.30 bits per heavy atom. The first-order valence-electron chi connectivity index (χ1n) is 8.13. The number of halogens is 1. The molecule has 0 saturated carbocycles. The number of rotatable bonds is 6. The molecule has 0 aromatic heterocycles. The van der Waals surface area contributed by atoms with Gasteiger partial charge in [-0.25, -0.2) is 4.39 Å². The molecule has 1 fully saturated rings. The fourth-order valence-corrected chi connectivity index (χ4v) is 2.67. The van der Waals surface area contributed by atoms with Gasteiger partial charge >= 0.3 is 0 Å². The lowest BCUT2D eigenvalue weighted by Crippen LogP contribution is -2.51. The molecular weight excluding hydrogens is 297 g/mol. The lowest BCUT2D eigenvalue weighted by Gasteiger charge is -2.30.